The summed E-state index contributed by atoms with van der Waals surface area (Å²) in [7, 11) is 0. The van der Waals surface area contributed by atoms with Crippen molar-refractivity contribution in [3.63, 3.8) is 0 Å². The average Bonchev–Trinajstić information content (AvgIpc) is 3.13. The number of amides is 1. The molecule has 0 bridgehead atoms. The fraction of sp³-hybridized carbons (Fsp3) is 0.944. The van der Waals surface area contributed by atoms with Gasteiger partial charge < -0.3 is 10.2 Å². The van der Waals surface area contributed by atoms with E-state index >= 15 is 0 Å². The van der Waals surface area contributed by atoms with Gasteiger partial charge in [0.05, 0.1) is 5.41 Å². The number of carbonyl (C=O) groups is 1. The van der Waals surface area contributed by atoms with E-state index in [4.69, 9.17) is 0 Å². The molecule has 3 heterocycles. The van der Waals surface area contributed by atoms with E-state index in [1.54, 1.807) is 0 Å². The van der Waals surface area contributed by atoms with Gasteiger partial charge in [0.2, 0.25) is 5.91 Å². The summed E-state index contributed by atoms with van der Waals surface area (Å²) in [6.07, 6.45) is 3.67. The minimum atomic E-state index is -0.164. The second-order valence-electron chi connectivity index (χ2n) is 8.13. The van der Waals surface area contributed by atoms with Crippen molar-refractivity contribution in [3.05, 3.63) is 0 Å². The van der Waals surface area contributed by atoms with Crippen LogP contribution in [0.4, 0.5) is 0 Å². The van der Waals surface area contributed by atoms with Crippen LogP contribution in [-0.2, 0) is 4.79 Å². The Morgan fingerprint density at radius 2 is 1.74 bits per heavy atom. The largest absolute Gasteiger partial charge is 0.340 e. The van der Waals surface area contributed by atoms with E-state index in [1.165, 1.54) is 19.4 Å². The van der Waals surface area contributed by atoms with Gasteiger partial charge in [0, 0.05) is 57.9 Å². The van der Waals surface area contributed by atoms with Crippen LogP contribution in [0.5, 0.6) is 0 Å². The summed E-state index contributed by atoms with van der Waals surface area (Å²) < 4.78 is 0. The van der Waals surface area contributed by atoms with Crippen LogP contribution >= 0.6 is 0 Å². The van der Waals surface area contributed by atoms with E-state index in [1.807, 2.05) is 0 Å². The highest BCUT2D eigenvalue weighted by atomic mass is 16.2. The molecule has 1 amide bonds. The maximum atomic E-state index is 12.7. The third kappa shape index (κ3) is 3.72. The Balaban J connectivity index is 1.42. The molecule has 0 radical (unpaired) electrons. The van der Waals surface area contributed by atoms with Crippen LogP contribution in [-0.4, -0.2) is 85.0 Å². The van der Waals surface area contributed by atoms with Gasteiger partial charge in [-0.15, -0.1) is 0 Å². The second-order valence-corrected chi connectivity index (χ2v) is 8.13. The minimum Gasteiger partial charge on any atom is -0.340 e. The van der Waals surface area contributed by atoms with Gasteiger partial charge >= 0.3 is 0 Å². The zero-order valence-corrected chi connectivity index (χ0v) is 15.2. The number of hydrogen-bond donors (Lipinski definition) is 1. The molecule has 3 aliphatic rings. The molecule has 3 fully saturated rings. The highest BCUT2D eigenvalue weighted by Crippen LogP contribution is 2.28. The first-order chi connectivity index (χ1) is 11.0. The lowest BCUT2D eigenvalue weighted by Gasteiger charge is -2.39. The number of carbonyl (C=O) groups excluding carboxylic acids is 1. The molecule has 23 heavy (non-hydrogen) atoms. The van der Waals surface area contributed by atoms with E-state index in [2.05, 4.69) is 40.8 Å². The third-order valence-electron chi connectivity index (χ3n) is 6.35. The molecule has 0 aromatic carbocycles. The zero-order valence-electron chi connectivity index (χ0n) is 15.2. The summed E-state index contributed by atoms with van der Waals surface area (Å²) in [5, 5.41) is 3.34. The lowest BCUT2D eigenvalue weighted by Crippen LogP contribution is -2.54. The molecule has 0 aromatic heterocycles. The first kappa shape index (κ1) is 17.2. The number of nitrogens with zero attached hydrogens (tertiary/aromatic N) is 3. The molecular formula is C18H34N4O. The van der Waals surface area contributed by atoms with Gasteiger partial charge in [0.15, 0.2) is 0 Å². The van der Waals surface area contributed by atoms with Crippen molar-refractivity contribution in [2.75, 3.05) is 52.4 Å². The Labute approximate surface area is 141 Å². The van der Waals surface area contributed by atoms with E-state index in [0.29, 0.717) is 5.91 Å². The monoisotopic (exact) mass is 322 g/mol. The molecule has 3 saturated heterocycles. The maximum absolute atomic E-state index is 12.7. The minimum absolute atomic E-state index is 0.164. The average molecular weight is 322 g/mol. The van der Waals surface area contributed by atoms with Gasteiger partial charge in [0.1, 0.15) is 0 Å². The molecule has 0 unspecified atom stereocenters. The number of rotatable bonds is 4. The van der Waals surface area contributed by atoms with E-state index in [9.17, 15) is 4.79 Å². The van der Waals surface area contributed by atoms with Crippen LogP contribution in [0.2, 0.25) is 0 Å². The van der Waals surface area contributed by atoms with Crippen molar-refractivity contribution in [2.45, 2.75) is 52.1 Å². The number of piperazine rings is 1. The predicted octanol–water partition coefficient (Wildman–Crippen LogP) is 1.00. The summed E-state index contributed by atoms with van der Waals surface area (Å²) >= 11 is 0. The molecule has 5 heteroatoms. The molecule has 3 aliphatic heterocycles. The summed E-state index contributed by atoms with van der Waals surface area (Å²) in [5.74, 6) is 0.365. The van der Waals surface area contributed by atoms with Crippen LogP contribution in [0, 0.1) is 5.41 Å². The van der Waals surface area contributed by atoms with E-state index in [0.717, 1.165) is 64.3 Å². The molecule has 3 atom stereocenters. The van der Waals surface area contributed by atoms with E-state index in [-0.39, 0.29) is 5.41 Å². The highest BCUT2D eigenvalue weighted by Gasteiger charge is 2.40. The molecule has 0 aliphatic carbocycles. The zero-order chi connectivity index (χ0) is 16.4. The van der Waals surface area contributed by atoms with Gasteiger partial charge in [-0.2, -0.15) is 0 Å². The van der Waals surface area contributed by atoms with Gasteiger partial charge in [-0.3, -0.25) is 14.6 Å². The number of nitrogens with one attached hydrogen (secondary N) is 1. The maximum Gasteiger partial charge on any atom is 0.229 e. The van der Waals surface area contributed by atoms with Gasteiger partial charge in [0.25, 0.3) is 0 Å². The molecule has 5 nitrogen and oxygen atoms in total. The van der Waals surface area contributed by atoms with Crippen molar-refractivity contribution in [1.82, 2.24) is 20.0 Å². The summed E-state index contributed by atoms with van der Waals surface area (Å²) in [6.45, 7) is 14.9. The van der Waals surface area contributed by atoms with Crippen molar-refractivity contribution in [1.29, 1.82) is 0 Å². The Morgan fingerprint density at radius 3 is 2.30 bits per heavy atom. The predicted molar refractivity (Wildman–Crippen MR) is 93.5 cm³/mol. The van der Waals surface area contributed by atoms with Crippen LogP contribution in [0.25, 0.3) is 0 Å². The SMILES string of the molecule is C[C@@H]1CC[C@H](C)N1CCN1CCN(C(=O)[C@]2(C)CCNC2)CC1. The van der Waals surface area contributed by atoms with E-state index < -0.39 is 0 Å². The van der Waals surface area contributed by atoms with Crippen molar-refractivity contribution in [2.24, 2.45) is 5.41 Å². The summed E-state index contributed by atoms with van der Waals surface area (Å²) in [5.41, 5.74) is -0.164. The molecule has 0 aromatic rings. The topological polar surface area (TPSA) is 38.8 Å². The molecule has 3 rings (SSSR count). The van der Waals surface area contributed by atoms with Crippen LogP contribution in [0.3, 0.4) is 0 Å². The van der Waals surface area contributed by atoms with Crippen LogP contribution in [0.15, 0.2) is 0 Å². The standard InChI is InChI=1S/C18H34N4O/c1-15-4-5-16(2)22(15)13-10-20-8-11-21(12-9-20)17(23)18(3)6-7-19-14-18/h15-16,19H,4-14H2,1-3H3/t15-,16+,18-/m1/s1. The number of likely N-dealkylation sites (tertiary alicyclic amines) is 1. The van der Waals surface area contributed by atoms with Crippen molar-refractivity contribution >= 4 is 5.91 Å². The smallest absolute Gasteiger partial charge is 0.229 e. The first-order valence-corrected chi connectivity index (χ1v) is 9.48. The Kier molecular flexibility index (Phi) is 5.29. The second kappa shape index (κ2) is 7.08. The van der Waals surface area contributed by atoms with Gasteiger partial charge in [-0.05, 0) is 46.6 Å². The fourth-order valence-corrected chi connectivity index (χ4v) is 4.50. The van der Waals surface area contributed by atoms with Crippen molar-refractivity contribution < 1.29 is 4.79 Å². The Bertz CT molecular complexity index is 403. The summed E-state index contributed by atoms with van der Waals surface area (Å²) in [6, 6.07) is 1.48. The van der Waals surface area contributed by atoms with Gasteiger partial charge in [-0.1, -0.05) is 0 Å². The molecule has 1 N–H and O–H groups in total. The highest BCUT2D eigenvalue weighted by molar-refractivity contribution is 5.83. The lowest BCUT2D eigenvalue weighted by atomic mass is 9.88. The first-order valence-electron chi connectivity index (χ1n) is 9.48. The fourth-order valence-electron chi connectivity index (χ4n) is 4.50. The Hall–Kier alpha value is -0.650. The quantitative estimate of drug-likeness (QED) is 0.838. The lowest BCUT2D eigenvalue weighted by molar-refractivity contribution is -0.142. The molecule has 0 spiro atoms. The van der Waals surface area contributed by atoms with Gasteiger partial charge in [-0.25, -0.2) is 0 Å². The van der Waals surface area contributed by atoms with Crippen LogP contribution in [0.1, 0.15) is 40.0 Å². The molecule has 132 valence electrons. The third-order valence-corrected chi connectivity index (χ3v) is 6.35. The molecular weight excluding hydrogens is 288 g/mol. The van der Waals surface area contributed by atoms with Crippen molar-refractivity contribution in [3.8, 4) is 0 Å². The Morgan fingerprint density at radius 1 is 1.09 bits per heavy atom. The number of hydrogen-bond acceptors (Lipinski definition) is 4. The van der Waals surface area contributed by atoms with Crippen LogP contribution < -0.4 is 5.32 Å². The molecule has 0 saturated carbocycles. The summed E-state index contributed by atoms with van der Waals surface area (Å²) in [4.78, 5) is 20.0. The normalized spacial score (nSPS) is 36.7.